The van der Waals surface area contributed by atoms with E-state index in [-0.39, 0.29) is 11.8 Å². The molecule has 6 nitrogen and oxygen atoms in total. The van der Waals surface area contributed by atoms with Gasteiger partial charge in [0.2, 0.25) is 0 Å². The van der Waals surface area contributed by atoms with E-state index in [0.29, 0.717) is 34.2 Å². The van der Waals surface area contributed by atoms with Crippen LogP contribution in [-0.2, 0) is 16.9 Å². The van der Waals surface area contributed by atoms with Crippen molar-refractivity contribution in [1.29, 1.82) is 5.26 Å². The Hall–Kier alpha value is -3.37. The molecule has 1 aromatic heterocycles. The number of hydrogen-bond acceptors (Lipinski definition) is 7. The maximum Gasteiger partial charge on any atom is 0.337 e. The second kappa shape index (κ2) is 9.02. The smallest absolute Gasteiger partial charge is 0.337 e. The molecule has 0 saturated heterocycles. The van der Waals surface area contributed by atoms with E-state index in [1.165, 1.54) is 18.9 Å². The molecule has 2 N–H and O–H groups in total. The number of nitrogens with zero attached hydrogens (tertiary/aromatic N) is 3. The zero-order valence-electron chi connectivity index (χ0n) is 15.3. The van der Waals surface area contributed by atoms with Crippen molar-refractivity contribution in [3.05, 3.63) is 82.5 Å². The molecule has 0 aliphatic carbocycles. The largest absolute Gasteiger partial charge is 0.465 e. The molecular formula is C21H18N4O2S. The molecule has 0 amide bonds. The van der Waals surface area contributed by atoms with Crippen LogP contribution in [0.15, 0.2) is 59.8 Å². The van der Waals surface area contributed by atoms with Crippen molar-refractivity contribution < 1.29 is 9.53 Å². The monoisotopic (exact) mass is 390 g/mol. The van der Waals surface area contributed by atoms with Crippen molar-refractivity contribution in [3.8, 4) is 6.07 Å². The zero-order valence-corrected chi connectivity index (χ0v) is 16.1. The third-order valence-electron chi connectivity index (χ3n) is 4.06. The highest BCUT2D eigenvalue weighted by atomic mass is 32.2. The minimum absolute atomic E-state index is 0.187. The number of aromatic nitrogens is 2. The lowest BCUT2D eigenvalue weighted by Crippen LogP contribution is -2.06. The topological polar surface area (TPSA) is 102 Å². The highest BCUT2D eigenvalue weighted by Gasteiger charge is 2.13. The van der Waals surface area contributed by atoms with Gasteiger partial charge in [0.05, 0.1) is 18.4 Å². The van der Waals surface area contributed by atoms with Crippen LogP contribution in [0.2, 0.25) is 0 Å². The number of hydrogen-bond donors (Lipinski definition) is 1. The summed E-state index contributed by atoms with van der Waals surface area (Å²) in [6.07, 6.45) is 0.512. The summed E-state index contributed by atoms with van der Waals surface area (Å²) in [7, 11) is 1.35. The predicted octanol–water partition coefficient (Wildman–Crippen LogP) is 3.60. The lowest BCUT2D eigenvalue weighted by molar-refractivity contribution is 0.0600. The molecule has 0 aliphatic heterocycles. The zero-order chi connectivity index (χ0) is 19.9. The Morgan fingerprint density at radius 3 is 2.46 bits per heavy atom. The summed E-state index contributed by atoms with van der Waals surface area (Å²) in [5.74, 6) is 0.428. The summed E-state index contributed by atoms with van der Waals surface area (Å²) >= 11 is 1.42. The van der Waals surface area contributed by atoms with Crippen molar-refractivity contribution in [1.82, 2.24) is 9.97 Å². The number of carbonyl (C=O) groups excluding carboxylic acids is 1. The van der Waals surface area contributed by atoms with Gasteiger partial charge in [0.15, 0.2) is 5.16 Å². The Labute approximate surface area is 167 Å². The number of carbonyl (C=O) groups is 1. The Morgan fingerprint density at radius 2 is 1.82 bits per heavy atom. The molecule has 7 heteroatoms. The number of nitrogens with two attached hydrogens (primary N) is 1. The summed E-state index contributed by atoms with van der Waals surface area (Å²) in [6.45, 7) is 0. The van der Waals surface area contributed by atoms with E-state index < -0.39 is 0 Å². The number of benzene rings is 2. The number of rotatable bonds is 6. The molecule has 0 bridgehead atoms. The molecule has 3 aromatic rings. The number of nitrogen functional groups attached to an aromatic ring is 1. The SMILES string of the molecule is COC(=O)c1ccc(CSc2nc(N)c(C#N)c(Cc3ccccc3)n2)cc1. The molecule has 2 aromatic carbocycles. The van der Waals surface area contributed by atoms with Crippen LogP contribution in [0.4, 0.5) is 5.82 Å². The number of nitriles is 1. The highest BCUT2D eigenvalue weighted by molar-refractivity contribution is 7.98. The van der Waals surface area contributed by atoms with Crippen molar-refractivity contribution in [2.75, 3.05) is 12.8 Å². The molecule has 0 radical (unpaired) electrons. The van der Waals surface area contributed by atoms with Crippen LogP contribution in [0.25, 0.3) is 0 Å². The van der Waals surface area contributed by atoms with Crippen LogP contribution < -0.4 is 5.73 Å². The third-order valence-corrected chi connectivity index (χ3v) is 4.98. The molecule has 28 heavy (non-hydrogen) atoms. The first-order valence-corrected chi connectivity index (χ1v) is 9.49. The van der Waals surface area contributed by atoms with E-state index in [1.54, 1.807) is 12.1 Å². The van der Waals surface area contributed by atoms with Gasteiger partial charge < -0.3 is 10.5 Å². The molecule has 0 spiro atoms. The lowest BCUT2D eigenvalue weighted by atomic mass is 10.1. The Kier molecular flexibility index (Phi) is 6.25. The van der Waals surface area contributed by atoms with Crippen molar-refractivity contribution in [2.45, 2.75) is 17.3 Å². The van der Waals surface area contributed by atoms with Gasteiger partial charge in [-0.15, -0.1) is 0 Å². The first-order valence-electron chi connectivity index (χ1n) is 8.51. The number of ether oxygens (including phenoxy) is 1. The lowest BCUT2D eigenvalue weighted by Gasteiger charge is -2.09. The quantitative estimate of drug-likeness (QED) is 0.390. The van der Waals surface area contributed by atoms with Gasteiger partial charge in [-0.3, -0.25) is 0 Å². The van der Waals surface area contributed by atoms with E-state index in [4.69, 9.17) is 10.5 Å². The fourth-order valence-corrected chi connectivity index (χ4v) is 3.44. The molecule has 0 unspecified atom stereocenters. The number of anilines is 1. The number of methoxy groups -OCH3 is 1. The Balaban J connectivity index is 1.77. The molecule has 0 fully saturated rings. The molecule has 0 aliphatic rings. The van der Waals surface area contributed by atoms with Crippen LogP contribution in [-0.4, -0.2) is 23.0 Å². The van der Waals surface area contributed by atoms with E-state index in [1.807, 2.05) is 42.5 Å². The van der Waals surface area contributed by atoms with Gasteiger partial charge in [0.25, 0.3) is 0 Å². The van der Waals surface area contributed by atoms with Crippen LogP contribution in [0.5, 0.6) is 0 Å². The summed E-state index contributed by atoms with van der Waals surface area (Å²) in [5.41, 5.74) is 9.47. The van der Waals surface area contributed by atoms with Gasteiger partial charge in [-0.2, -0.15) is 5.26 Å². The Bertz CT molecular complexity index is 1020. The first-order chi connectivity index (χ1) is 13.6. The minimum atomic E-state index is -0.368. The molecule has 140 valence electrons. The third kappa shape index (κ3) is 4.67. The summed E-state index contributed by atoms with van der Waals surface area (Å²) in [4.78, 5) is 20.3. The van der Waals surface area contributed by atoms with Crippen LogP contribution in [0.3, 0.4) is 0 Å². The second-order valence-electron chi connectivity index (χ2n) is 5.96. The molecular weight excluding hydrogens is 372 g/mol. The van der Waals surface area contributed by atoms with Gasteiger partial charge in [-0.05, 0) is 23.3 Å². The maximum absolute atomic E-state index is 11.5. The van der Waals surface area contributed by atoms with Crippen molar-refractivity contribution in [2.24, 2.45) is 0 Å². The van der Waals surface area contributed by atoms with Crippen LogP contribution in [0.1, 0.15) is 32.7 Å². The predicted molar refractivity (Wildman–Crippen MR) is 108 cm³/mol. The van der Waals surface area contributed by atoms with Crippen molar-refractivity contribution >= 4 is 23.5 Å². The average Bonchev–Trinajstić information content (AvgIpc) is 2.73. The maximum atomic E-state index is 11.5. The van der Waals surface area contributed by atoms with Gasteiger partial charge in [0.1, 0.15) is 17.5 Å². The van der Waals surface area contributed by atoms with Gasteiger partial charge in [0, 0.05) is 12.2 Å². The van der Waals surface area contributed by atoms with E-state index >= 15 is 0 Å². The standard InChI is InChI=1S/C21H18N4O2S/c1-27-20(26)16-9-7-15(8-10-16)13-28-21-24-18(17(12-22)19(23)25-21)11-14-5-3-2-4-6-14/h2-10H,11,13H2,1H3,(H2,23,24,25). The Morgan fingerprint density at radius 1 is 1.11 bits per heavy atom. The van der Waals surface area contributed by atoms with E-state index in [2.05, 4.69) is 16.0 Å². The molecule has 1 heterocycles. The molecule has 3 rings (SSSR count). The van der Waals surface area contributed by atoms with E-state index in [0.717, 1.165) is 11.1 Å². The van der Waals surface area contributed by atoms with Gasteiger partial charge >= 0.3 is 5.97 Å². The summed E-state index contributed by atoms with van der Waals surface area (Å²) < 4.78 is 4.70. The fraction of sp³-hybridized carbons (Fsp3) is 0.143. The summed E-state index contributed by atoms with van der Waals surface area (Å²) in [5, 5.41) is 9.93. The van der Waals surface area contributed by atoms with Crippen LogP contribution >= 0.6 is 11.8 Å². The van der Waals surface area contributed by atoms with E-state index in [9.17, 15) is 10.1 Å². The van der Waals surface area contributed by atoms with Gasteiger partial charge in [-0.25, -0.2) is 14.8 Å². The average molecular weight is 390 g/mol. The number of thioether (sulfide) groups is 1. The highest BCUT2D eigenvalue weighted by Crippen LogP contribution is 2.24. The normalized spacial score (nSPS) is 10.3. The molecule has 0 saturated carbocycles. The van der Waals surface area contributed by atoms with Crippen LogP contribution in [0, 0.1) is 11.3 Å². The molecule has 0 atom stereocenters. The minimum Gasteiger partial charge on any atom is -0.465 e. The van der Waals surface area contributed by atoms with Gasteiger partial charge in [-0.1, -0.05) is 54.2 Å². The fourth-order valence-electron chi connectivity index (χ4n) is 2.61. The van der Waals surface area contributed by atoms with Crippen molar-refractivity contribution in [3.63, 3.8) is 0 Å². The first kappa shape index (κ1) is 19.4. The number of esters is 1. The second-order valence-corrected chi connectivity index (χ2v) is 6.91. The summed E-state index contributed by atoms with van der Waals surface area (Å²) in [6, 6.07) is 19.0.